The van der Waals surface area contributed by atoms with Gasteiger partial charge >= 0.3 is 0 Å². The van der Waals surface area contributed by atoms with Crippen molar-refractivity contribution in [2.45, 2.75) is 6.10 Å². The van der Waals surface area contributed by atoms with Crippen LogP contribution in [-0.4, -0.2) is 48.4 Å². The molecule has 0 saturated carbocycles. The van der Waals surface area contributed by atoms with Crippen molar-refractivity contribution >= 4 is 21.7 Å². The van der Waals surface area contributed by atoms with Crippen LogP contribution in [-0.2, 0) is 0 Å². The molecule has 3 rings (SSSR count). The monoisotopic (exact) mass is 352 g/mol. The second-order valence-electron chi connectivity index (χ2n) is 5.14. The van der Waals surface area contributed by atoms with Crippen molar-refractivity contribution in [3.05, 3.63) is 22.8 Å². The van der Waals surface area contributed by atoms with E-state index in [0.717, 1.165) is 28.7 Å². The van der Waals surface area contributed by atoms with Crippen LogP contribution in [0.25, 0.3) is 11.1 Å². The number of anilines is 1. The minimum absolute atomic E-state index is 0.164. The standard InChI is InChI=1S/C14H17BrN4O2/c1-19-6-9(7-19)21-13-10(11-5-17-18-14(11)16)3-8(15)4-12(13)20-2/h3-5,9H,6-7H2,1-2H3,(H3,16,17,18). The number of nitrogen functional groups attached to an aromatic ring is 1. The van der Waals surface area contributed by atoms with Crippen molar-refractivity contribution in [2.75, 3.05) is 33.0 Å². The summed E-state index contributed by atoms with van der Waals surface area (Å²) in [6, 6.07) is 3.85. The van der Waals surface area contributed by atoms with Gasteiger partial charge in [-0.05, 0) is 19.2 Å². The summed E-state index contributed by atoms with van der Waals surface area (Å²) < 4.78 is 12.5. The summed E-state index contributed by atoms with van der Waals surface area (Å²) in [7, 11) is 3.69. The Labute approximate surface area is 131 Å². The molecule has 1 aliphatic heterocycles. The summed E-state index contributed by atoms with van der Waals surface area (Å²) in [5.74, 6) is 1.88. The quantitative estimate of drug-likeness (QED) is 0.881. The fraction of sp³-hybridized carbons (Fsp3) is 0.357. The molecule has 0 bridgehead atoms. The van der Waals surface area contributed by atoms with E-state index in [9.17, 15) is 0 Å². The molecule has 1 aromatic heterocycles. The molecule has 1 saturated heterocycles. The largest absolute Gasteiger partial charge is 0.493 e. The zero-order valence-corrected chi connectivity index (χ0v) is 13.5. The van der Waals surface area contributed by atoms with Crippen molar-refractivity contribution in [3.8, 4) is 22.6 Å². The van der Waals surface area contributed by atoms with E-state index >= 15 is 0 Å². The Bertz CT molecular complexity index is 652. The van der Waals surface area contributed by atoms with Gasteiger partial charge in [0.1, 0.15) is 11.9 Å². The molecular weight excluding hydrogens is 336 g/mol. The molecule has 6 nitrogen and oxygen atoms in total. The van der Waals surface area contributed by atoms with E-state index in [4.69, 9.17) is 15.2 Å². The molecule has 2 heterocycles. The maximum atomic E-state index is 6.12. The van der Waals surface area contributed by atoms with Crippen molar-refractivity contribution in [1.82, 2.24) is 15.1 Å². The fourth-order valence-electron chi connectivity index (χ4n) is 2.44. The lowest BCUT2D eigenvalue weighted by Crippen LogP contribution is -2.51. The Balaban J connectivity index is 2.04. The van der Waals surface area contributed by atoms with Crippen molar-refractivity contribution in [2.24, 2.45) is 0 Å². The molecule has 7 heteroatoms. The van der Waals surface area contributed by atoms with Crippen molar-refractivity contribution in [3.63, 3.8) is 0 Å². The second kappa shape index (κ2) is 5.57. The number of ether oxygens (including phenoxy) is 2. The van der Waals surface area contributed by atoms with Gasteiger partial charge in [-0.3, -0.25) is 10.00 Å². The first kappa shape index (κ1) is 14.2. The zero-order chi connectivity index (χ0) is 15.0. The zero-order valence-electron chi connectivity index (χ0n) is 11.9. The lowest BCUT2D eigenvalue weighted by molar-refractivity contribution is 0.0374. The molecule has 0 amide bonds. The van der Waals surface area contributed by atoms with Gasteiger partial charge in [-0.2, -0.15) is 5.10 Å². The maximum Gasteiger partial charge on any atom is 0.169 e. The number of rotatable bonds is 4. The summed E-state index contributed by atoms with van der Waals surface area (Å²) in [4.78, 5) is 2.20. The average molecular weight is 353 g/mol. The molecule has 0 atom stereocenters. The number of nitrogens with zero attached hydrogens (tertiary/aromatic N) is 2. The molecule has 1 fully saturated rings. The highest BCUT2D eigenvalue weighted by atomic mass is 79.9. The Kier molecular flexibility index (Phi) is 3.77. The number of aromatic amines is 1. The molecule has 21 heavy (non-hydrogen) atoms. The van der Waals surface area contributed by atoms with E-state index < -0.39 is 0 Å². The summed E-state index contributed by atoms with van der Waals surface area (Å²) in [5.41, 5.74) is 7.61. The highest BCUT2D eigenvalue weighted by molar-refractivity contribution is 9.10. The third kappa shape index (κ3) is 2.71. The van der Waals surface area contributed by atoms with Gasteiger partial charge in [-0.1, -0.05) is 15.9 Å². The summed E-state index contributed by atoms with van der Waals surface area (Å²) in [6.45, 7) is 1.80. The first-order valence-electron chi connectivity index (χ1n) is 6.60. The third-order valence-electron chi connectivity index (χ3n) is 3.51. The second-order valence-corrected chi connectivity index (χ2v) is 6.06. The first-order chi connectivity index (χ1) is 10.1. The van der Waals surface area contributed by atoms with E-state index in [2.05, 4.69) is 38.1 Å². The van der Waals surface area contributed by atoms with Gasteiger partial charge in [0.15, 0.2) is 11.5 Å². The van der Waals surface area contributed by atoms with Crippen LogP contribution < -0.4 is 15.2 Å². The minimum atomic E-state index is 0.164. The van der Waals surface area contributed by atoms with Crippen LogP contribution in [0.15, 0.2) is 22.8 Å². The maximum absolute atomic E-state index is 6.12. The number of benzene rings is 1. The molecular formula is C14H17BrN4O2. The number of halogens is 1. The smallest absolute Gasteiger partial charge is 0.169 e. The van der Waals surface area contributed by atoms with E-state index in [-0.39, 0.29) is 6.10 Å². The van der Waals surface area contributed by atoms with E-state index in [1.54, 1.807) is 13.3 Å². The number of aromatic nitrogens is 2. The van der Waals surface area contributed by atoms with Gasteiger partial charge in [-0.15, -0.1) is 0 Å². The third-order valence-corrected chi connectivity index (χ3v) is 3.97. The number of nitrogens with one attached hydrogen (secondary N) is 1. The molecule has 0 radical (unpaired) electrons. The lowest BCUT2D eigenvalue weighted by Gasteiger charge is -2.36. The molecule has 112 valence electrons. The summed E-state index contributed by atoms with van der Waals surface area (Å²) in [5, 5.41) is 6.73. The Morgan fingerprint density at radius 3 is 2.71 bits per heavy atom. The molecule has 0 unspecified atom stereocenters. The molecule has 1 aromatic carbocycles. The molecule has 3 N–H and O–H groups in total. The Hall–Kier alpha value is -1.73. The number of likely N-dealkylation sites (tertiary alicyclic amines) is 1. The van der Waals surface area contributed by atoms with Crippen LogP contribution in [0.3, 0.4) is 0 Å². The summed E-state index contributed by atoms with van der Waals surface area (Å²) in [6.07, 6.45) is 1.85. The number of methoxy groups -OCH3 is 1. The van der Waals surface area contributed by atoms with Crippen LogP contribution in [0.2, 0.25) is 0 Å². The van der Waals surface area contributed by atoms with Crippen LogP contribution >= 0.6 is 15.9 Å². The van der Waals surface area contributed by atoms with Gasteiger partial charge in [-0.25, -0.2) is 0 Å². The average Bonchev–Trinajstić information content (AvgIpc) is 2.84. The highest BCUT2D eigenvalue weighted by Crippen LogP contribution is 2.43. The Morgan fingerprint density at radius 2 is 2.14 bits per heavy atom. The first-order valence-corrected chi connectivity index (χ1v) is 7.39. The number of nitrogens with two attached hydrogens (primary N) is 1. The van der Waals surface area contributed by atoms with Crippen molar-refractivity contribution < 1.29 is 9.47 Å². The van der Waals surface area contributed by atoms with Gasteiger partial charge < -0.3 is 15.2 Å². The van der Waals surface area contributed by atoms with Gasteiger partial charge in [0.25, 0.3) is 0 Å². The van der Waals surface area contributed by atoms with Crippen LogP contribution in [0.5, 0.6) is 11.5 Å². The van der Waals surface area contributed by atoms with E-state index in [1.807, 2.05) is 12.1 Å². The van der Waals surface area contributed by atoms with Crippen molar-refractivity contribution in [1.29, 1.82) is 0 Å². The SMILES string of the molecule is COc1cc(Br)cc(-c2cn[nH]c2N)c1OC1CN(C)C1. The van der Waals surface area contributed by atoms with Gasteiger partial charge in [0.2, 0.25) is 0 Å². The predicted octanol–water partition coefficient (Wildman–Crippen LogP) is 2.12. The topological polar surface area (TPSA) is 76.4 Å². The lowest BCUT2D eigenvalue weighted by atomic mass is 10.1. The molecule has 0 spiro atoms. The summed E-state index contributed by atoms with van der Waals surface area (Å²) >= 11 is 3.49. The van der Waals surface area contributed by atoms with Crippen LogP contribution in [0.4, 0.5) is 5.82 Å². The highest BCUT2D eigenvalue weighted by Gasteiger charge is 2.28. The van der Waals surface area contributed by atoms with E-state index in [0.29, 0.717) is 17.3 Å². The van der Waals surface area contributed by atoms with Gasteiger partial charge in [0.05, 0.1) is 13.3 Å². The number of H-pyrrole nitrogens is 1. The number of likely N-dealkylation sites (N-methyl/N-ethyl adjacent to an activating group) is 1. The Morgan fingerprint density at radius 1 is 1.38 bits per heavy atom. The minimum Gasteiger partial charge on any atom is -0.493 e. The predicted molar refractivity (Wildman–Crippen MR) is 84.6 cm³/mol. The fourth-order valence-corrected chi connectivity index (χ4v) is 2.87. The number of hydrogen-bond acceptors (Lipinski definition) is 5. The van der Waals surface area contributed by atoms with Gasteiger partial charge in [0, 0.05) is 28.7 Å². The molecule has 0 aliphatic carbocycles. The molecule has 2 aromatic rings. The molecule has 1 aliphatic rings. The van der Waals surface area contributed by atoms with Crippen LogP contribution in [0.1, 0.15) is 0 Å². The van der Waals surface area contributed by atoms with Crippen LogP contribution in [0, 0.1) is 0 Å². The number of hydrogen-bond donors (Lipinski definition) is 2. The van der Waals surface area contributed by atoms with E-state index in [1.165, 1.54) is 0 Å². The normalized spacial score (nSPS) is 15.8.